The molecule has 10 heteroatoms. The number of carbonyl (C=O) groups is 1. The molecule has 0 fully saturated rings. The van der Waals surface area contributed by atoms with Gasteiger partial charge in [0, 0.05) is 0 Å². The maximum absolute atomic E-state index is 12.2. The second-order valence-corrected chi connectivity index (χ2v) is 4.88. The maximum Gasteiger partial charge on any atom is 0.387 e. The Hall–Kier alpha value is -2.75. The van der Waals surface area contributed by atoms with Gasteiger partial charge in [-0.1, -0.05) is 0 Å². The van der Waals surface area contributed by atoms with Gasteiger partial charge in [-0.25, -0.2) is 0 Å². The number of aromatic amines is 1. The average Bonchev–Trinajstić information content (AvgIpc) is 3.18. The molecule has 0 saturated carbocycles. The van der Waals surface area contributed by atoms with Crippen LogP contribution in [0.25, 0.3) is 11.4 Å². The molecule has 0 spiro atoms. The van der Waals surface area contributed by atoms with Crippen molar-refractivity contribution >= 4 is 23.2 Å². The molecule has 114 valence electrons. The highest BCUT2D eigenvalue weighted by atomic mass is 32.1. The Labute approximate surface area is 125 Å². The highest BCUT2D eigenvalue weighted by Crippen LogP contribution is 2.27. The Morgan fingerprint density at radius 1 is 1.45 bits per heavy atom. The van der Waals surface area contributed by atoms with Crippen LogP contribution in [0.5, 0.6) is 5.75 Å². The SMILES string of the molecule is O=C(Nc1n[nH]c(-c2ccoc2)n1)c1sccc1OC(F)F. The summed E-state index contributed by atoms with van der Waals surface area (Å²) >= 11 is 0.972. The van der Waals surface area contributed by atoms with Crippen LogP contribution in [0.4, 0.5) is 14.7 Å². The fourth-order valence-electron chi connectivity index (χ4n) is 1.66. The number of rotatable bonds is 5. The number of hydrogen-bond acceptors (Lipinski definition) is 6. The van der Waals surface area contributed by atoms with Crippen molar-refractivity contribution in [3.63, 3.8) is 0 Å². The predicted molar refractivity (Wildman–Crippen MR) is 73.0 cm³/mol. The van der Waals surface area contributed by atoms with Crippen LogP contribution >= 0.6 is 11.3 Å². The Morgan fingerprint density at radius 3 is 3.05 bits per heavy atom. The first kappa shape index (κ1) is 14.2. The lowest BCUT2D eigenvalue weighted by Gasteiger charge is -2.04. The van der Waals surface area contributed by atoms with Crippen LogP contribution in [-0.4, -0.2) is 27.7 Å². The first-order chi connectivity index (χ1) is 10.6. The smallest absolute Gasteiger partial charge is 0.387 e. The molecule has 0 aliphatic rings. The molecular formula is C12H8F2N4O3S. The minimum absolute atomic E-state index is 0.00922. The van der Waals surface area contributed by atoms with E-state index in [2.05, 4.69) is 25.2 Å². The van der Waals surface area contributed by atoms with Crippen LogP contribution in [0.2, 0.25) is 0 Å². The first-order valence-corrected chi connectivity index (χ1v) is 6.80. The summed E-state index contributed by atoms with van der Waals surface area (Å²) in [4.78, 5) is 16.1. The lowest BCUT2D eigenvalue weighted by molar-refractivity contribution is -0.0498. The Morgan fingerprint density at radius 2 is 2.32 bits per heavy atom. The van der Waals surface area contributed by atoms with E-state index in [1.54, 1.807) is 6.07 Å². The molecule has 0 atom stereocenters. The third-order valence-electron chi connectivity index (χ3n) is 2.56. The fourth-order valence-corrected chi connectivity index (χ4v) is 2.37. The third kappa shape index (κ3) is 2.96. The molecule has 3 aromatic rings. The minimum atomic E-state index is -3.00. The zero-order valence-electron chi connectivity index (χ0n) is 10.7. The van der Waals surface area contributed by atoms with Gasteiger partial charge >= 0.3 is 6.61 Å². The number of furan rings is 1. The van der Waals surface area contributed by atoms with Gasteiger partial charge in [-0.3, -0.25) is 15.2 Å². The molecule has 0 aromatic carbocycles. The number of carbonyl (C=O) groups excluding carboxylic acids is 1. The van der Waals surface area contributed by atoms with E-state index in [9.17, 15) is 13.6 Å². The van der Waals surface area contributed by atoms with Crippen molar-refractivity contribution in [2.24, 2.45) is 0 Å². The molecule has 0 aliphatic carbocycles. The summed E-state index contributed by atoms with van der Waals surface area (Å²) in [7, 11) is 0. The number of halogens is 2. The maximum atomic E-state index is 12.2. The topological polar surface area (TPSA) is 93.0 Å². The summed E-state index contributed by atoms with van der Waals surface area (Å²) in [6.07, 6.45) is 2.93. The number of amides is 1. The highest BCUT2D eigenvalue weighted by Gasteiger charge is 2.19. The number of nitrogens with zero attached hydrogens (tertiary/aromatic N) is 2. The molecule has 0 aliphatic heterocycles. The molecule has 0 unspecified atom stereocenters. The monoisotopic (exact) mass is 326 g/mol. The van der Waals surface area contributed by atoms with Crippen molar-refractivity contribution < 1.29 is 22.7 Å². The van der Waals surface area contributed by atoms with E-state index in [1.807, 2.05) is 0 Å². The van der Waals surface area contributed by atoms with Crippen LogP contribution in [0.1, 0.15) is 9.67 Å². The van der Waals surface area contributed by atoms with Crippen LogP contribution in [0.15, 0.2) is 34.5 Å². The fraction of sp³-hybridized carbons (Fsp3) is 0.0833. The molecule has 1 amide bonds. The summed E-state index contributed by atoms with van der Waals surface area (Å²) in [5.41, 5.74) is 0.658. The van der Waals surface area contributed by atoms with E-state index >= 15 is 0 Å². The van der Waals surface area contributed by atoms with Crippen LogP contribution in [-0.2, 0) is 0 Å². The quantitative estimate of drug-likeness (QED) is 0.752. The Bertz CT molecular complexity index is 769. The minimum Gasteiger partial charge on any atom is -0.472 e. The van der Waals surface area contributed by atoms with E-state index in [-0.39, 0.29) is 16.6 Å². The van der Waals surface area contributed by atoms with E-state index in [0.717, 1.165) is 11.3 Å². The van der Waals surface area contributed by atoms with Crippen molar-refractivity contribution in [2.45, 2.75) is 6.61 Å². The normalized spacial score (nSPS) is 10.9. The van der Waals surface area contributed by atoms with Gasteiger partial charge in [0.1, 0.15) is 16.9 Å². The van der Waals surface area contributed by atoms with Gasteiger partial charge in [-0.2, -0.15) is 13.8 Å². The molecule has 2 N–H and O–H groups in total. The molecule has 0 bridgehead atoms. The second-order valence-electron chi connectivity index (χ2n) is 3.97. The van der Waals surface area contributed by atoms with E-state index in [0.29, 0.717) is 11.4 Å². The number of alkyl halides is 2. The predicted octanol–water partition coefficient (Wildman–Crippen LogP) is 2.98. The average molecular weight is 326 g/mol. The van der Waals surface area contributed by atoms with Gasteiger partial charge < -0.3 is 9.15 Å². The molecule has 3 heterocycles. The summed E-state index contributed by atoms with van der Waals surface area (Å²) < 4.78 is 33.7. The number of thiophene rings is 1. The molecular weight excluding hydrogens is 318 g/mol. The van der Waals surface area contributed by atoms with Crippen LogP contribution < -0.4 is 10.1 Å². The van der Waals surface area contributed by atoms with Gasteiger partial charge in [0.15, 0.2) is 5.82 Å². The largest absolute Gasteiger partial charge is 0.472 e. The van der Waals surface area contributed by atoms with Gasteiger partial charge in [-0.15, -0.1) is 16.4 Å². The summed E-state index contributed by atoms with van der Waals surface area (Å²) in [5, 5.41) is 10.3. The van der Waals surface area contributed by atoms with Crippen LogP contribution in [0, 0.1) is 0 Å². The first-order valence-electron chi connectivity index (χ1n) is 5.92. The number of anilines is 1. The number of nitrogens with one attached hydrogen (secondary N) is 2. The third-order valence-corrected chi connectivity index (χ3v) is 3.45. The summed E-state index contributed by atoms with van der Waals surface area (Å²) in [5.74, 6) is -0.414. The Balaban J connectivity index is 1.73. The highest BCUT2D eigenvalue weighted by molar-refractivity contribution is 7.12. The standard InChI is InChI=1S/C12H8F2N4O3S/c13-11(14)21-7-2-4-22-8(7)10(19)16-12-15-9(17-18-12)6-1-3-20-5-6/h1-5,11H,(H2,15,16,17,18,19). The van der Waals surface area contributed by atoms with Gasteiger partial charge in [0.2, 0.25) is 5.95 Å². The van der Waals surface area contributed by atoms with Gasteiger partial charge in [0.05, 0.1) is 11.8 Å². The molecule has 3 rings (SSSR count). The Kier molecular flexibility index (Phi) is 3.83. The van der Waals surface area contributed by atoms with Crippen molar-refractivity contribution in [1.29, 1.82) is 0 Å². The molecule has 0 saturated heterocycles. The van der Waals surface area contributed by atoms with Crippen molar-refractivity contribution in [3.05, 3.63) is 34.9 Å². The van der Waals surface area contributed by atoms with E-state index in [1.165, 1.54) is 24.0 Å². The second kappa shape index (κ2) is 5.93. The summed E-state index contributed by atoms with van der Waals surface area (Å²) in [6, 6.07) is 2.96. The zero-order valence-corrected chi connectivity index (χ0v) is 11.6. The van der Waals surface area contributed by atoms with E-state index < -0.39 is 12.5 Å². The van der Waals surface area contributed by atoms with Crippen molar-refractivity contribution in [1.82, 2.24) is 15.2 Å². The molecule has 22 heavy (non-hydrogen) atoms. The molecule has 3 aromatic heterocycles. The molecule has 0 radical (unpaired) electrons. The zero-order chi connectivity index (χ0) is 15.5. The lowest BCUT2D eigenvalue weighted by atomic mass is 10.3. The summed E-state index contributed by atoms with van der Waals surface area (Å²) in [6.45, 7) is -3.00. The number of ether oxygens (including phenoxy) is 1. The van der Waals surface area contributed by atoms with Gasteiger partial charge in [0.25, 0.3) is 5.91 Å². The van der Waals surface area contributed by atoms with E-state index in [4.69, 9.17) is 4.42 Å². The number of H-pyrrole nitrogens is 1. The molecule has 7 nitrogen and oxygen atoms in total. The number of hydrogen-bond donors (Lipinski definition) is 2. The van der Waals surface area contributed by atoms with Gasteiger partial charge in [-0.05, 0) is 17.5 Å². The van der Waals surface area contributed by atoms with Crippen molar-refractivity contribution in [3.8, 4) is 17.1 Å². The lowest BCUT2D eigenvalue weighted by Crippen LogP contribution is -2.13. The van der Waals surface area contributed by atoms with Crippen LogP contribution in [0.3, 0.4) is 0 Å². The number of aromatic nitrogens is 3. The van der Waals surface area contributed by atoms with Crippen molar-refractivity contribution in [2.75, 3.05) is 5.32 Å².